The van der Waals surface area contributed by atoms with Crippen LogP contribution in [-0.4, -0.2) is 29.7 Å². The number of aryl methyl sites for hydroxylation is 1. The highest BCUT2D eigenvalue weighted by Gasteiger charge is 2.08. The molecule has 0 aliphatic carbocycles. The number of primary amides is 1. The highest BCUT2D eigenvalue weighted by atomic mass is 16.5. The fourth-order valence-corrected chi connectivity index (χ4v) is 2.26. The van der Waals surface area contributed by atoms with Crippen LogP contribution in [0.4, 0.5) is 4.79 Å². The zero-order chi connectivity index (χ0) is 18.6. The lowest BCUT2D eigenvalue weighted by Gasteiger charge is -2.17. The van der Waals surface area contributed by atoms with E-state index >= 15 is 0 Å². The third kappa shape index (κ3) is 7.76. The monoisotopic (exact) mass is 355 g/mol. The zero-order valence-corrected chi connectivity index (χ0v) is 14.9. The van der Waals surface area contributed by atoms with E-state index in [-0.39, 0.29) is 6.23 Å². The number of rotatable bonds is 8. The average Bonchev–Trinajstić information content (AvgIpc) is 2.65. The summed E-state index contributed by atoms with van der Waals surface area (Å²) in [5, 5.41) is 5.51. The lowest BCUT2D eigenvalue weighted by atomic mass is 10.2. The molecule has 0 spiro atoms. The molecular formula is C19H25N5O2. The van der Waals surface area contributed by atoms with Gasteiger partial charge in [-0.25, -0.2) is 4.79 Å². The third-order valence-corrected chi connectivity index (χ3v) is 3.51. The number of urea groups is 1. The number of guanidine groups is 1. The van der Waals surface area contributed by atoms with Gasteiger partial charge in [0.1, 0.15) is 6.23 Å². The normalized spacial score (nSPS) is 12.4. The van der Waals surface area contributed by atoms with E-state index in [9.17, 15) is 4.79 Å². The van der Waals surface area contributed by atoms with Crippen LogP contribution >= 0.6 is 0 Å². The van der Waals surface area contributed by atoms with Gasteiger partial charge in [-0.15, -0.1) is 0 Å². The average molecular weight is 355 g/mol. The van der Waals surface area contributed by atoms with E-state index in [2.05, 4.69) is 20.6 Å². The van der Waals surface area contributed by atoms with E-state index in [0.29, 0.717) is 19.1 Å². The molecule has 0 radical (unpaired) electrons. The van der Waals surface area contributed by atoms with Gasteiger partial charge in [0.2, 0.25) is 5.96 Å². The molecule has 0 fully saturated rings. The molecule has 1 unspecified atom stereocenters. The number of aromatic nitrogens is 1. The minimum absolute atomic E-state index is 0.305. The summed E-state index contributed by atoms with van der Waals surface area (Å²) in [4.78, 5) is 19.8. The van der Waals surface area contributed by atoms with Crippen LogP contribution in [0.25, 0.3) is 0 Å². The summed E-state index contributed by atoms with van der Waals surface area (Å²) >= 11 is 0. The number of amides is 2. The third-order valence-electron chi connectivity index (χ3n) is 3.51. The molecule has 0 aliphatic rings. The van der Waals surface area contributed by atoms with E-state index < -0.39 is 6.03 Å². The molecule has 0 saturated carbocycles. The number of nitrogens with one attached hydrogen (secondary N) is 2. The maximum Gasteiger partial charge on any atom is 0.318 e. The van der Waals surface area contributed by atoms with Crippen LogP contribution in [0.3, 0.4) is 0 Å². The first-order valence-electron chi connectivity index (χ1n) is 8.56. The number of ether oxygens (including phenoxy) is 1. The van der Waals surface area contributed by atoms with Crippen LogP contribution in [0.1, 0.15) is 24.6 Å². The van der Waals surface area contributed by atoms with Crippen LogP contribution in [-0.2, 0) is 17.8 Å². The van der Waals surface area contributed by atoms with Gasteiger partial charge in [0.15, 0.2) is 0 Å². The Morgan fingerprint density at radius 2 is 2.00 bits per heavy atom. The number of pyridine rings is 1. The second kappa shape index (κ2) is 10.8. The maximum atomic E-state index is 11.2. The Kier molecular flexibility index (Phi) is 8.08. The van der Waals surface area contributed by atoms with Crippen molar-refractivity contribution in [1.29, 1.82) is 0 Å². The molecule has 0 bridgehead atoms. The van der Waals surface area contributed by atoms with Gasteiger partial charge < -0.3 is 15.8 Å². The quantitative estimate of drug-likeness (QED) is 0.292. The number of carbonyl (C=O) groups excluding carboxylic acids is 1. The van der Waals surface area contributed by atoms with Crippen molar-refractivity contribution in [3.8, 4) is 0 Å². The second-order valence-electron chi connectivity index (χ2n) is 5.73. The Bertz CT molecular complexity index is 692. The van der Waals surface area contributed by atoms with Crippen LogP contribution in [0.15, 0.2) is 59.7 Å². The first-order chi connectivity index (χ1) is 12.6. The summed E-state index contributed by atoms with van der Waals surface area (Å²) in [5.41, 5.74) is 7.29. The van der Waals surface area contributed by atoms with Crippen LogP contribution in [0.5, 0.6) is 0 Å². The van der Waals surface area contributed by atoms with Gasteiger partial charge in [0.05, 0.1) is 6.61 Å². The van der Waals surface area contributed by atoms with E-state index in [0.717, 1.165) is 24.1 Å². The molecule has 0 saturated heterocycles. The van der Waals surface area contributed by atoms with Gasteiger partial charge in [-0.3, -0.25) is 15.3 Å². The highest BCUT2D eigenvalue weighted by molar-refractivity contribution is 5.95. The first kappa shape index (κ1) is 19.4. The number of benzene rings is 1. The Labute approximate surface area is 153 Å². The van der Waals surface area contributed by atoms with E-state index in [4.69, 9.17) is 10.5 Å². The fourth-order valence-electron chi connectivity index (χ4n) is 2.26. The smallest absolute Gasteiger partial charge is 0.318 e. The van der Waals surface area contributed by atoms with Crippen molar-refractivity contribution in [2.45, 2.75) is 32.6 Å². The molecule has 7 nitrogen and oxygen atoms in total. The highest BCUT2D eigenvalue weighted by Crippen LogP contribution is 2.02. The Morgan fingerprint density at radius 3 is 2.69 bits per heavy atom. The van der Waals surface area contributed by atoms with E-state index in [1.54, 1.807) is 6.20 Å². The lowest BCUT2D eigenvalue weighted by Crippen LogP contribution is -2.47. The van der Waals surface area contributed by atoms with Crippen LogP contribution in [0.2, 0.25) is 0 Å². The summed E-state index contributed by atoms with van der Waals surface area (Å²) in [6, 6.07) is 15.0. The molecule has 2 amide bonds. The molecule has 26 heavy (non-hydrogen) atoms. The predicted octanol–water partition coefficient (Wildman–Crippen LogP) is 2.19. The predicted molar refractivity (Wildman–Crippen MR) is 101 cm³/mol. The SMILES string of the molecule is CC(NC(=NCCCc1ccccn1)NC(N)=O)OCc1ccccc1. The van der Waals surface area contributed by atoms with Gasteiger partial charge in [-0.1, -0.05) is 36.4 Å². The number of carbonyl (C=O) groups is 1. The van der Waals surface area contributed by atoms with E-state index in [1.165, 1.54) is 0 Å². The molecule has 1 heterocycles. The van der Waals surface area contributed by atoms with Crippen molar-refractivity contribution in [2.75, 3.05) is 6.54 Å². The molecule has 4 N–H and O–H groups in total. The van der Waals surface area contributed by atoms with Gasteiger partial charge in [-0.2, -0.15) is 0 Å². The summed E-state index contributed by atoms with van der Waals surface area (Å²) < 4.78 is 5.72. The summed E-state index contributed by atoms with van der Waals surface area (Å²) in [7, 11) is 0. The number of hydrogen-bond donors (Lipinski definition) is 3. The molecule has 1 atom stereocenters. The number of aliphatic imine (C=N–C) groups is 1. The second-order valence-corrected chi connectivity index (χ2v) is 5.73. The van der Waals surface area contributed by atoms with Crippen molar-refractivity contribution >= 4 is 12.0 Å². The van der Waals surface area contributed by atoms with Crippen molar-refractivity contribution < 1.29 is 9.53 Å². The Balaban J connectivity index is 1.80. The van der Waals surface area contributed by atoms with Gasteiger partial charge >= 0.3 is 6.03 Å². The van der Waals surface area contributed by atoms with Crippen molar-refractivity contribution in [1.82, 2.24) is 15.6 Å². The molecule has 2 rings (SSSR count). The standard InChI is InChI=1S/C19H25N5O2/c1-15(26-14-16-8-3-2-4-9-16)23-19(24-18(20)25)22-13-7-11-17-10-5-6-12-21-17/h2-6,8-10,12,15H,7,11,13-14H2,1H3,(H4,20,22,23,24,25). The molecule has 0 aliphatic heterocycles. The van der Waals surface area contributed by atoms with Crippen molar-refractivity contribution in [2.24, 2.45) is 10.7 Å². The first-order valence-corrected chi connectivity index (χ1v) is 8.56. The number of nitrogens with zero attached hydrogens (tertiary/aromatic N) is 2. The topological polar surface area (TPSA) is 102 Å². The summed E-state index contributed by atoms with van der Waals surface area (Å²) in [6.45, 7) is 2.83. The molecule has 138 valence electrons. The molecule has 1 aromatic carbocycles. The Morgan fingerprint density at radius 1 is 1.23 bits per heavy atom. The number of nitrogens with two attached hydrogens (primary N) is 1. The minimum Gasteiger partial charge on any atom is -0.354 e. The van der Waals surface area contributed by atoms with Crippen molar-refractivity contribution in [3.63, 3.8) is 0 Å². The van der Waals surface area contributed by atoms with Gasteiger partial charge in [0, 0.05) is 18.4 Å². The molecular weight excluding hydrogens is 330 g/mol. The molecule has 1 aromatic heterocycles. The largest absolute Gasteiger partial charge is 0.354 e. The van der Waals surface area contributed by atoms with Crippen LogP contribution < -0.4 is 16.4 Å². The van der Waals surface area contributed by atoms with E-state index in [1.807, 2.05) is 55.5 Å². The molecule has 7 heteroatoms. The van der Waals surface area contributed by atoms with Crippen molar-refractivity contribution in [3.05, 3.63) is 66.0 Å². The van der Waals surface area contributed by atoms with Gasteiger partial charge in [-0.05, 0) is 37.5 Å². The number of hydrogen-bond acceptors (Lipinski definition) is 4. The Hall–Kier alpha value is -2.93. The summed E-state index contributed by atoms with van der Waals surface area (Å²) in [5.74, 6) is 0.305. The summed E-state index contributed by atoms with van der Waals surface area (Å²) in [6.07, 6.45) is 3.05. The maximum absolute atomic E-state index is 11.2. The lowest BCUT2D eigenvalue weighted by molar-refractivity contribution is 0.0430. The zero-order valence-electron chi connectivity index (χ0n) is 14.9. The van der Waals surface area contributed by atoms with Gasteiger partial charge in [0.25, 0.3) is 0 Å². The minimum atomic E-state index is -0.670. The molecule has 2 aromatic rings. The van der Waals surface area contributed by atoms with Crippen LogP contribution in [0, 0.1) is 0 Å². The fraction of sp³-hybridized carbons (Fsp3) is 0.316.